The third-order valence-corrected chi connectivity index (χ3v) is 2.72. The molecule has 0 spiro atoms. The van der Waals surface area contributed by atoms with Crippen LogP contribution >= 0.6 is 0 Å². The van der Waals surface area contributed by atoms with Gasteiger partial charge < -0.3 is 5.11 Å². The molecular weight excluding hydrogens is 279 g/mol. The van der Waals surface area contributed by atoms with Gasteiger partial charge in [0, 0.05) is 23.9 Å². The minimum atomic E-state index is -1.18. The minimum absolute atomic E-state index is 0.104. The lowest BCUT2D eigenvalue weighted by molar-refractivity contribution is -0.131. The number of nitrogens with one attached hydrogen (secondary N) is 1. The van der Waals surface area contributed by atoms with Gasteiger partial charge in [-0.3, -0.25) is 14.3 Å². The fourth-order valence-corrected chi connectivity index (χ4v) is 1.75. The van der Waals surface area contributed by atoms with Crippen molar-refractivity contribution in [1.82, 2.24) is 9.55 Å². The van der Waals surface area contributed by atoms with Gasteiger partial charge in [-0.05, 0) is 23.8 Å². The largest absolute Gasteiger partial charge is 0.478 e. The van der Waals surface area contributed by atoms with Gasteiger partial charge in [0.25, 0.3) is 5.56 Å². The van der Waals surface area contributed by atoms with Gasteiger partial charge in [0.1, 0.15) is 5.82 Å². The number of aromatic amines is 1. The number of aromatic nitrogens is 2. The number of carboxylic acids is 1. The van der Waals surface area contributed by atoms with Crippen LogP contribution in [0.3, 0.4) is 0 Å². The van der Waals surface area contributed by atoms with Crippen LogP contribution in [0.25, 0.3) is 6.08 Å². The highest BCUT2D eigenvalue weighted by Gasteiger charge is 2.04. The zero-order chi connectivity index (χ0) is 15.4. The Morgan fingerprint density at radius 3 is 2.76 bits per heavy atom. The normalized spacial score (nSPS) is 10.9. The lowest BCUT2D eigenvalue weighted by atomic mass is 10.1. The van der Waals surface area contributed by atoms with Crippen LogP contribution in [0, 0.1) is 5.82 Å². The van der Waals surface area contributed by atoms with Crippen molar-refractivity contribution in [3.63, 3.8) is 0 Å². The molecule has 2 aromatic rings. The van der Waals surface area contributed by atoms with Crippen LogP contribution in [-0.4, -0.2) is 20.6 Å². The summed E-state index contributed by atoms with van der Waals surface area (Å²) >= 11 is 0. The van der Waals surface area contributed by atoms with E-state index in [1.165, 1.54) is 35.0 Å². The second kappa shape index (κ2) is 6.00. The second-order valence-electron chi connectivity index (χ2n) is 4.27. The summed E-state index contributed by atoms with van der Waals surface area (Å²) < 4.78 is 14.8. The Kier molecular flexibility index (Phi) is 4.13. The summed E-state index contributed by atoms with van der Waals surface area (Å²) in [4.78, 5) is 35.1. The average molecular weight is 290 g/mol. The van der Waals surface area contributed by atoms with E-state index in [1.807, 2.05) is 0 Å². The number of benzene rings is 1. The molecule has 7 heteroatoms. The summed E-state index contributed by atoms with van der Waals surface area (Å²) in [5.41, 5.74) is -0.377. The highest BCUT2D eigenvalue weighted by Crippen LogP contribution is 2.13. The van der Waals surface area contributed by atoms with Gasteiger partial charge in [-0.1, -0.05) is 6.07 Å². The van der Waals surface area contributed by atoms with E-state index in [0.29, 0.717) is 5.56 Å². The summed E-state index contributed by atoms with van der Waals surface area (Å²) in [6.07, 6.45) is 3.29. The second-order valence-corrected chi connectivity index (χ2v) is 4.27. The number of hydrogen-bond donors (Lipinski definition) is 2. The number of carbonyl (C=O) groups is 1. The van der Waals surface area contributed by atoms with Crippen LogP contribution in [0.4, 0.5) is 4.39 Å². The molecule has 0 fully saturated rings. The molecule has 1 aromatic heterocycles. The summed E-state index contributed by atoms with van der Waals surface area (Å²) in [5.74, 6) is -1.75. The molecule has 0 aliphatic heterocycles. The molecule has 0 atom stereocenters. The third kappa shape index (κ3) is 3.75. The Morgan fingerprint density at radius 1 is 1.33 bits per heavy atom. The average Bonchev–Trinajstić information content (AvgIpc) is 2.42. The highest BCUT2D eigenvalue weighted by atomic mass is 19.1. The van der Waals surface area contributed by atoms with Crippen molar-refractivity contribution < 1.29 is 14.3 Å². The van der Waals surface area contributed by atoms with Gasteiger partial charge in [-0.25, -0.2) is 14.0 Å². The molecule has 0 saturated heterocycles. The fraction of sp³-hybridized carbons (Fsp3) is 0.0714. The summed E-state index contributed by atoms with van der Waals surface area (Å²) in [7, 11) is 0. The minimum Gasteiger partial charge on any atom is -0.478 e. The van der Waals surface area contributed by atoms with Gasteiger partial charge in [-0.15, -0.1) is 0 Å². The topological polar surface area (TPSA) is 92.2 Å². The van der Waals surface area contributed by atoms with Gasteiger partial charge in [0.15, 0.2) is 0 Å². The Labute approximate surface area is 117 Å². The van der Waals surface area contributed by atoms with E-state index in [1.54, 1.807) is 0 Å². The Bertz CT molecular complexity index is 820. The number of H-pyrrole nitrogens is 1. The van der Waals surface area contributed by atoms with Crippen molar-refractivity contribution in [3.05, 3.63) is 74.3 Å². The van der Waals surface area contributed by atoms with Gasteiger partial charge >= 0.3 is 11.7 Å². The van der Waals surface area contributed by atoms with Crippen molar-refractivity contribution in [2.75, 3.05) is 0 Å². The standard InChI is InChI=1S/C14H11FN2O4/c15-11-3-1-9(7-10(11)2-4-13(19)20)8-17-6-5-12(18)16-14(17)21/h1-7H,8H2,(H,19,20)(H,16,18,21). The van der Waals surface area contributed by atoms with Crippen LogP contribution < -0.4 is 11.2 Å². The Balaban J connectivity index is 2.33. The predicted octanol–water partition coefficient (Wildman–Crippen LogP) is 0.822. The monoisotopic (exact) mass is 290 g/mol. The number of nitrogens with zero attached hydrogens (tertiary/aromatic N) is 1. The van der Waals surface area contributed by atoms with Crippen molar-refractivity contribution in [2.24, 2.45) is 0 Å². The Morgan fingerprint density at radius 2 is 2.10 bits per heavy atom. The van der Waals surface area contributed by atoms with Crippen LogP contribution in [-0.2, 0) is 11.3 Å². The number of halogens is 1. The lowest BCUT2D eigenvalue weighted by Gasteiger charge is -2.06. The first-order valence-electron chi connectivity index (χ1n) is 5.95. The van der Waals surface area contributed by atoms with Crippen LogP contribution in [0.5, 0.6) is 0 Å². The van der Waals surface area contributed by atoms with E-state index in [9.17, 15) is 18.8 Å². The zero-order valence-electron chi connectivity index (χ0n) is 10.7. The Hall–Kier alpha value is -2.96. The molecule has 0 bridgehead atoms. The molecule has 0 aliphatic rings. The van der Waals surface area contributed by atoms with Crippen molar-refractivity contribution in [1.29, 1.82) is 0 Å². The first-order chi connectivity index (χ1) is 9.95. The molecule has 2 N–H and O–H groups in total. The number of rotatable bonds is 4. The molecule has 1 aromatic carbocycles. The van der Waals surface area contributed by atoms with E-state index in [-0.39, 0.29) is 12.1 Å². The molecule has 0 radical (unpaired) electrons. The molecule has 1 heterocycles. The molecule has 0 aliphatic carbocycles. The predicted molar refractivity (Wildman–Crippen MR) is 73.5 cm³/mol. The van der Waals surface area contributed by atoms with Crippen molar-refractivity contribution in [2.45, 2.75) is 6.54 Å². The fourth-order valence-electron chi connectivity index (χ4n) is 1.75. The molecule has 0 unspecified atom stereocenters. The molecule has 108 valence electrons. The lowest BCUT2D eigenvalue weighted by Crippen LogP contribution is -2.28. The van der Waals surface area contributed by atoms with Crippen molar-refractivity contribution >= 4 is 12.0 Å². The molecule has 21 heavy (non-hydrogen) atoms. The van der Waals surface area contributed by atoms with Gasteiger partial charge in [0.05, 0.1) is 6.54 Å². The first-order valence-corrected chi connectivity index (χ1v) is 5.95. The quantitative estimate of drug-likeness (QED) is 0.815. The van der Waals surface area contributed by atoms with Crippen LogP contribution in [0.15, 0.2) is 46.1 Å². The van der Waals surface area contributed by atoms with Crippen molar-refractivity contribution in [3.8, 4) is 0 Å². The molecular formula is C14H11FN2O4. The van der Waals surface area contributed by atoms with Gasteiger partial charge in [0.2, 0.25) is 0 Å². The van der Waals surface area contributed by atoms with Crippen LogP contribution in [0.1, 0.15) is 11.1 Å². The summed E-state index contributed by atoms with van der Waals surface area (Å²) in [6.45, 7) is 0.129. The van der Waals surface area contributed by atoms with Crippen LogP contribution in [0.2, 0.25) is 0 Å². The summed E-state index contributed by atoms with van der Waals surface area (Å²) in [6, 6.07) is 5.31. The maximum atomic E-state index is 13.5. The molecule has 0 amide bonds. The number of hydrogen-bond acceptors (Lipinski definition) is 3. The SMILES string of the molecule is O=C(O)C=Cc1cc(Cn2ccc(=O)[nH]c2=O)ccc1F. The molecule has 0 saturated carbocycles. The smallest absolute Gasteiger partial charge is 0.328 e. The van der Waals surface area contributed by atoms with E-state index in [4.69, 9.17) is 5.11 Å². The molecule has 2 rings (SSSR count). The summed E-state index contributed by atoms with van der Waals surface area (Å²) in [5, 5.41) is 8.54. The van der Waals surface area contributed by atoms with E-state index < -0.39 is 23.0 Å². The maximum absolute atomic E-state index is 13.5. The first kappa shape index (κ1) is 14.4. The van der Waals surface area contributed by atoms with Gasteiger partial charge in [-0.2, -0.15) is 0 Å². The third-order valence-electron chi connectivity index (χ3n) is 2.72. The molecule has 6 nitrogen and oxygen atoms in total. The van der Waals surface area contributed by atoms with E-state index in [2.05, 4.69) is 4.98 Å². The van der Waals surface area contributed by atoms with E-state index >= 15 is 0 Å². The highest BCUT2D eigenvalue weighted by molar-refractivity contribution is 5.85. The maximum Gasteiger partial charge on any atom is 0.328 e. The number of aliphatic carboxylic acids is 1. The number of carboxylic acid groups (broad SMARTS) is 1. The van der Waals surface area contributed by atoms with E-state index in [0.717, 1.165) is 12.2 Å². The zero-order valence-corrected chi connectivity index (χ0v) is 10.7.